The molecule has 2 atom stereocenters. The summed E-state index contributed by atoms with van der Waals surface area (Å²) in [6.07, 6.45) is 1.98. The maximum atomic E-state index is 13.8. The van der Waals surface area contributed by atoms with Gasteiger partial charge < -0.3 is 20.1 Å². The van der Waals surface area contributed by atoms with E-state index in [0.29, 0.717) is 37.2 Å². The predicted octanol–water partition coefficient (Wildman–Crippen LogP) is 5.92. The van der Waals surface area contributed by atoms with Crippen molar-refractivity contribution < 1.29 is 27.8 Å². The molecule has 0 radical (unpaired) electrons. The van der Waals surface area contributed by atoms with Gasteiger partial charge in [-0.25, -0.2) is 8.78 Å². The quantitative estimate of drug-likeness (QED) is 0.498. The molecule has 2 unspecified atom stereocenters. The lowest BCUT2D eigenvalue weighted by Crippen LogP contribution is -2.33. The van der Waals surface area contributed by atoms with Gasteiger partial charge in [0.1, 0.15) is 23.1 Å². The fourth-order valence-electron chi connectivity index (χ4n) is 4.05. The normalized spacial score (nSPS) is 18.0. The van der Waals surface area contributed by atoms with E-state index in [9.17, 15) is 18.4 Å². The van der Waals surface area contributed by atoms with Crippen LogP contribution in [0.3, 0.4) is 0 Å². The standard InChI is InChI=1S/C26H32F2N2O4/c1-15(2)33-23-10-8-19(27)13-21(23)29-25(31)17-6-5-7-18(12-17)26(32)30-22-14-20(28)9-11-24(22)34-16(3)4/h8-11,13-18H,5-7,12H2,1-4H3,(H,29,31)(H,30,32). The Morgan fingerprint density at radius 1 is 0.794 bits per heavy atom. The number of ether oxygens (including phenoxy) is 2. The minimum atomic E-state index is -0.484. The van der Waals surface area contributed by atoms with Gasteiger partial charge in [-0.15, -0.1) is 0 Å². The van der Waals surface area contributed by atoms with E-state index >= 15 is 0 Å². The molecular weight excluding hydrogens is 442 g/mol. The Bertz CT molecular complexity index is 946. The number of carbonyl (C=O) groups is 2. The molecule has 1 aliphatic rings. The average molecular weight is 475 g/mol. The van der Waals surface area contributed by atoms with Crippen molar-refractivity contribution in [3.05, 3.63) is 48.0 Å². The molecule has 0 aliphatic heterocycles. The van der Waals surface area contributed by atoms with E-state index in [0.717, 1.165) is 0 Å². The van der Waals surface area contributed by atoms with Crippen LogP contribution in [-0.2, 0) is 9.59 Å². The molecule has 0 heterocycles. The van der Waals surface area contributed by atoms with Gasteiger partial charge in [0, 0.05) is 24.0 Å². The van der Waals surface area contributed by atoms with Gasteiger partial charge in [0.05, 0.1) is 23.6 Å². The molecule has 6 nitrogen and oxygen atoms in total. The molecule has 1 saturated carbocycles. The largest absolute Gasteiger partial charge is 0.489 e. The molecule has 8 heteroatoms. The Labute approximate surface area is 199 Å². The van der Waals surface area contributed by atoms with Crippen molar-refractivity contribution in [2.45, 2.75) is 65.6 Å². The summed E-state index contributed by atoms with van der Waals surface area (Å²) in [5, 5.41) is 5.54. The smallest absolute Gasteiger partial charge is 0.227 e. The minimum absolute atomic E-state index is 0.142. The molecule has 3 rings (SSSR count). The van der Waals surface area contributed by atoms with Crippen molar-refractivity contribution >= 4 is 23.2 Å². The molecule has 34 heavy (non-hydrogen) atoms. The zero-order valence-corrected chi connectivity index (χ0v) is 20.0. The Hall–Kier alpha value is -3.16. The lowest BCUT2D eigenvalue weighted by molar-refractivity contribution is -0.124. The second kappa shape index (κ2) is 11.3. The first-order chi connectivity index (χ1) is 16.1. The summed E-state index contributed by atoms with van der Waals surface area (Å²) < 4.78 is 38.9. The van der Waals surface area contributed by atoms with Gasteiger partial charge in [0.15, 0.2) is 0 Å². The third-order valence-electron chi connectivity index (χ3n) is 5.54. The zero-order valence-electron chi connectivity index (χ0n) is 20.0. The van der Waals surface area contributed by atoms with E-state index in [1.807, 2.05) is 27.7 Å². The van der Waals surface area contributed by atoms with Crippen molar-refractivity contribution in [1.82, 2.24) is 0 Å². The van der Waals surface area contributed by atoms with Crippen LogP contribution in [0.1, 0.15) is 53.4 Å². The Kier molecular flexibility index (Phi) is 8.47. The van der Waals surface area contributed by atoms with Crippen LogP contribution in [0.25, 0.3) is 0 Å². The molecule has 0 bridgehead atoms. The monoisotopic (exact) mass is 474 g/mol. The predicted molar refractivity (Wildman–Crippen MR) is 127 cm³/mol. The number of carbonyl (C=O) groups excluding carboxylic acids is 2. The van der Waals surface area contributed by atoms with Crippen molar-refractivity contribution in [3.63, 3.8) is 0 Å². The highest BCUT2D eigenvalue weighted by Gasteiger charge is 2.32. The van der Waals surface area contributed by atoms with Gasteiger partial charge in [-0.3, -0.25) is 9.59 Å². The first-order valence-corrected chi connectivity index (χ1v) is 11.7. The van der Waals surface area contributed by atoms with Crippen LogP contribution in [0.4, 0.5) is 20.2 Å². The van der Waals surface area contributed by atoms with Crippen LogP contribution >= 0.6 is 0 Å². The molecule has 2 N–H and O–H groups in total. The van der Waals surface area contributed by atoms with E-state index in [1.54, 1.807) is 0 Å². The van der Waals surface area contributed by atoms with Gasteiger partial charge in [0.25, 0.3) is 0 Å². The summed E-state index contributed by atoms with van der Waals surface area (Å²) in [7, 11) is 0. The zero-order chi connectivity index (χ0) is 24.8. The molecule has 1 fully saturated rings. The van der Waals surface area contributed by atoms with Gasteiger partial charge in [-0.1, -0.05) is 6.42 Å². The number of hydrogen-bond donors (Lipinski definition) is 2. The maximum Gasteiger partial charge on any atom is 0.227 e. The van der Waals surface area contributed by atoms with Crippen molar-refractivity contribution in [3.8, 4) is 11.5 Å². The topological polar surface area (TPSA) is 76.7 Å². The first-order valence-electron chi connectivity index (χ1n) is 11.7. The number of nitrogens with one attached hydrogen (secondary N) is 2. The summed E-state index contributed by atoms with van der Waals surface area (Å²) in [5.41, 5.74) is 0.529. The van der Waals surface area contributed by atoms with E-state index in [2.05, 4.69) is 10.6 Å². The van der Waals surface area contributed by atoms with Gasteiger partial charge >= 0.3 is 0 Å². The molecule has 1 aliphatic carbocycles. The third-order valence-corrected chi connectivity index (χ3v) is 5.54. The van der Waals surface area contributed by atoms with E-state index in [4.69, 9.17) is 9.47 Å². The van der Waals surface area contributed by atoms with Gasteiger partial charge in [-0.05, 0) is 71.2 Å². The van der Waals surface area contributed by atoms with Crippen LogP contribution in [0.15, 0.2) is 36.4 Å². The molecule has 0 aromatic heterocycles. The van der Waals surface area contributed by atoms with Crippen LogP contribution in [-0.4, -0.2) is 24.0 Å². The summed E-state index contributed by atoms with van der Waals surface area (Å²) in [6, 6.07) is 7.97. The number of rotatable bonds is 8. The minimum Gasteiger partial charge on any atom is -0.489 e. The summed E-state index contributed by atoms with van der Waals surface area (Å²) >= 11 is 0. The Morgan fingerprint density at radius 2 is 1.21 bits per heavy atom. The number of benzene rings is 2. The average Bonchev–Trinajstić information content (AvgIpc) is 2.77. The van der Waals surface area contributed by atoms with Crippen molar-refractivity contribution in [1.29, 1.82) is 0 Å². The number of amides is 2. The molecular formula is C26H32F2N2O4. The molecule has 0 spiro atoms. The third kappa shape index (κ3) is 6.92. The van der Waals surface area contributed by atoms with Crippen molar-refractivity contribution in [2.75, 3.05) is 10.6 Å². The Morgan fingerprint density at radius 3 is 1.59 bits per heavy atom. The number of halogens is 2. The molecule has 2 amide bonds. The highest BCUT2D eigenvalue weighted by molar-refractivity contribution is 5.96. The highest BCUT2D eigenvalue weighted by atomic mass is 19.1. The number of hydrogen-bond acceptors (Lipinski definition) is 4. The van der Waals surface area contributed by atoms with E-state index in [1.165, 1.54) is 36.4 Å². The number of anilines is 2. The molecule has 0 saturated heterocycles. The van der Waals surface area contributed by atoms with Crippen molar-refractivity contribution in [2.24, 2.45) is 11.8 Å². The van der Waals surface area contributed by atoms with E-state index < -0.39 is 23.5 Å². The highest BCUT2D eigenvalue weighted by Crippen LogP contribution is 2.34. The van der Waals surface area contributed by atoms with Crippen LogP contribution < -0.4 is 20.1 Å². The van der Waals surface area contributed by atoms with Gasteiger partial charge in [-0.2, -0.15) is 0 Å². The lowest BCUT2D eigenvalue weighted by atomic mass is 9.80. The molecule has 2 aromatic carbocycles. The summed E-state index contributed by atoms with van der Waals surface area (Å²) in [4.78, 5) is 25.9. The lowest BCUT2D eigenvalue weighted by Gasteiger charge is -2.28. The maximum absolute atomic E-state index is 13.8. The Balaban J connectivity index is 1.68. The fourth-order valence-corrected chi connectivity index (χ4v) is 4.05. The summed E-state index contributed by atoms with van der Waals surface area (Å²) in [6.45, 7) is 7.37. The molecule has 2 aromatic rings. The van der Waals surface area contributed by atoms with Crippen LogP contribution in [0, 0.1) is 23.5 Å². The second-order valence-corrected chi connectivity index (χ2v) is 9.15. The fraction of sp³-hybridized carbons (Fsp3) is 0.462. The van der Waals surface area contributed by atoms with Crippen LogP contribution in [0.5, 0.6) is 11.5 Å². The van der Waals surface area contributed by atoms with E-state index in [-0.39, 0.29) is 35.4 Å². The summed E-state index contributed by atoms with van der Waals surface area (Å²) in [5.74, 6) is -1.60. The van der Waals surface area contributed by atoms with Gasteiger partial charge in [0.2, 0.25) is 11.8 Å². The van der Waals surface area contributed by atoms with Crippen LogP contribution in [0.2, 0.25) is 0 Å². The SMILES string of the molecule is CC(C)Oc1ccc(F)cc1NC(=O)C1CCCC(C(=O)Nc2cc(F)ccc2OC(C)C)C1. The first kappa shape index (κ1) is 25.5. The second-order valence-electron chi connectivity index (χ2n) is 9.15. The molecule has 184 valence electrons.